The van der Waals surface area contributed by atoms with Gasteiger partial charge in [0.25, 0.3) is 0 Å². The van der Waals surface area contributed by atoms with Gasteiger partial charge in [-0.1, -0.05) is 0 Å². The number of nitrogens with zero attached hydrogens (tertiary/aromatic N) is 6. The monoisotopic (exact) mass is 410 g/mol. The lowest BCUT2D eigenvalue weighted by atomic mass is 10.2. The summed E-state index contributed by atoms with van der Waals surface area (Å²) in [6, 6.07) is 9.78. The number of ether oxygens (including phenoxy) is 1. The van der Waals surface area contributed by atoms with Crippen LogP contribution in [0.4, 0.5) is 11.6 Å². The second-order valence-electron chi connectivity index (χ2n) is 6.96. The molecular weight excluding hydrogens is 388 g/mol. The van der Waals surface area contributed by atoms with Gasteiger partial charge < -0.3 is 14.5 Å². The Labute approximate surface area is 174 Å². The number of amides is 1. The molecule has 3 heterocycles. The number of piperazine rings is 1. The Morgan fingerprint density at radius 1 is 1.17 bits per heavy atom. The highest BCUT2D eigenvalue weighted by atomic mass is 32.2. The number of benzene rings is 1. The van der Waals surface area contributed by atoms with Crippen LogP contribution in [0.1, 0.15) is 18.3 Å². The summed E-state index contributed by atoms with van der Waals surface area (Å²) in [5, 5.41) is 9.12. The van der Waals surface area contributed by atoms with E-state index in [0.717, 1.165) is 48.2 Å². The van der Waals surface area contributed by atoms with E-state index in [-0.39, 0.29) is 5.91 Å². The Morgan fingerprint density at radius 3 is 2.69 bits per heavy atom. The van der Waals surface area contributed by atoms with E-state index in [1.54, 1.807) is 29.8 Å². The van der Waals surface area contributed by atoms with Crippen molar-refractivity contribution in [3.63, 3.8) is 0 Å². The molecule has 29 heavy (non-hydrogen) atoms. The average molecular weight is 411 g/mol. The van der Waals surface area contributed by atoms with E-state index in [9.17, 15) is 4.79 Å². The van der Waals surface area contributed by atoms with E-state index in [0.29, 0.717) is 24.8 Å². The first kappa shape index (κ1) is 19.5. The highest BCUT2D eigenvalue weighted by Gasteiger charge is 2.23. The molecule has 9 heteroatoms. The predicted octanol–water partition coefficient (Wildman–Crippen LogP) is 2.23. The van der Waals surface area contributed by atoms with Gasteiger partial charge in [-0.3, -0.25) is 4.79 Å². The summed E-state index contributed by atoms with van der Waals surface area (Å²) in [6.07, 6.45) is 0. The molecule has 150 valence electrons. The molecule has 0 unspecified atom stereocenters. The smallest absolute Gasteiger partial charge is 0.226 e. The fourth-order valence-electron chi connectivity index (χ4n) is 3.46. The van der Waals surface area contributed by atoms with Gasteiger partial charge in [0.05, 0.1) is 12.2 Å². The summed E-state index contributed by atoms with van der Waals surface area (Å²) in [5.74, 6) is 1.41. The minimum absolute atomic E-state index is 0.0315. The molecule has 0 saturated carbocycles. The number of rotatable bonds is 3. The fourth-order valence-corrected chi connectivity index (χ4v) is 4.40. The Morgan fingerprint density at radius 2 is 1.97 bits per heavy atom. The zero-order valence-electron chi connectivity index (χ0n) is 16.5. The topological polar surface area (TPSA) is 85.6 Å². The molecule has 2 aliphatic heterocycles. The summed E-state index contributed by atoms with van der Waals surface area (Å²) in [5.41, 5.74) is 2.04. The maximum atomic E-state index is 11.8. The van der Waals surface area contributed by atoms with Gasteiger partial charge >= 0.3 is 0 Å². The van der Waals surface area contributed by atoms with Crippen LogP contribution in [0, 0.1) is 18.3 Å². The van der Waals surface area contributed by atoms with Crippen molar-refractivity contribution in [2.75, 3.05) is 49.1 Å². The lowest BCUT2D eigenvalue weighted by Gasteiger charge is -2.34. The second kappa shape index (κ2) is 8.27. The molecule has 1 fully saturated rings. The van der Waals surface area contributed by atoms with Gasteiger partial charge in [0, 0.05) is 43.7 Å². The molecule has 2 aliphatic rings. The maximum absolute atomic E-state index is 11.8. The van der Waals surface area contributed by atoms with Crippen molar-refractivity contribution < 1.29 is 9.53 Å². The van der Waals surface area contributed by atoms with Crippen molar-refractivity contribution in [2.24, 2.45) is 0 Å². The summed E-state index contributed by atoms with van der Waals surface area (Å²) >= 11 is 1.69. The predicted molar refractivity (Wildman–Crippen MR) is 111 cm³/mol. The Hall–Kier alpha value is -2.83. The molecule has 2 aromatic rings. The van der Waals surface area contributed by atoms with E-state index in [2.05, 4.69) is 25.2 Å². The van der Waals surface area contributed by atoms with Crippen LogP contribution in [0.25, 0.3) is 0 Å². The molecule has 0 atom stereocenters. The number of fused-ring (bicyclic) bond motifs is 1. The Bertz CT molecular complexity index is 968. The van der Waals surface area contributed by atoms with E-state index in [4.69, 9.17) is 10.00 Å². The lowest BCUT2D eigenvalue weighted by Crippen LogP contribution is -2.44. The van der Waals surface area contributed by atoms with Crippen LogP contribution in [0.2, 0.25) is 0 Å². The number of nitriles is 1. The van der Waals surface area contributed by atoms with Gasteiger partial charge in [-0.2, -0.15) is 5.26 Å². The van der Waals surface area contributed by atoms with Crippen LogP contribution in [0.15, 0.2) is 29.2 Å². The van der Waals surface area contributed by atoms with E-state index in [1.165, 1.54) is 0 Å². The third-order valence-corrected chi connectivity index (χ3v) is 5.98. The molecule has 0 N–H and O–H groups in total. The van der Waals surface area contributed by atoms with Crippen molar-refractivity contribution in [1.29, 1.82) is 5.26 Å². The van der Waals surface area contributed by atoms with Crippen molar-refractivity contribution in [3.05, 3.63) is 35.7 Å². The molecule has 0 radical (unpaired) electrons. The minimum Gasteiger partial charge on any atom is -0.489 e. The van der Waals surface area contributed by atoms with E-state index in [1.807, 2.05) is 25.1 Å². The minimum atomic E-state index is 0.0315. The first-order valence-electron chi connectivity index (χ1n) is 9.52. The number of carbonyl (C=O) groups excluding carboxylic acids is 1. The van der Waals surface area contributed by atoms with Crippen LogP contribution in [0.3, 0.4) is 0 Å². The largest absolute Gasteiger partial charge is 0.489 e. The van der Waals surface area contributed by atoms with Gasteiger partial charge in [0.1, 0.15) is 24.1 Å². The van der Waals surface area contributed by atoms with Gasteiger partial charge in [-0.05, 0) is 43.1 Å². The highest BCUT2D eigenvalue weighted by Crippen LogP contribution is 2.36. The van der Waals surface area contributed by atoms with Crippen LogP contribution in [0.5, 0.6) is 5.75 Å². The molecule has 1 amide bonds. The van der Waals surface area contributed by atoms with Crippen LogP contribution < -0.4 is 14.5 Å². The SMILES string of the molecule is CC(=O)N1CCOc2cc(SN3CCN(c4nc(C)cc(C#N)n4)CC3)ccc21. The molecule has 0 bridgehead atoms. The first-order chi connectivity index (χ1) is 14.0. The number of hydrogen-bond acceptors (Lipinski definition) is 8. The number of anilines is 2. The normalized spacial score (nSPS) is 16.7. The molecule has 0 spiro atoms. The van der Waals surface area contributed by atoms with Crippen LogP contribution in [-0.4, -0.2) is 59.5 Å². The molecule has 8 nitrogen and oxygen atoms in total. The fraction of sp³-hybridized carbons (Fsp3) is 0.400. The van der Waals surface area contributed by atoms with Crippen LogP contribution >= 0.6 is 11.9 Å². The summed E-state index contributed by atoms with van der Waals surface area (Å²) in [7, 11) is 0. The molecule has 4 rings (SSSR count). The van der Waals surface area contributed by atoms with Gasteiger partial charge in [0.15, 0.2) is 0 Å². The molecule has 1 aromatic heterocycles. The van der Waals surface area contributed by atoms with Crippen molar-refractivity contribution in [2.45, 2.75) is 18.7 Å². The maximum Gasteiger partial charge on any atom is 0.226 e. The summed E-state index contributed by atoms with van der Waals surface area (Å²) < 4.78 is 8.06. The molecule has 1 saturated heterocycles. The second-order valence-corrected chi connectivity index (χ2v) is 8.13. The third-order valence-electron chi connectivity index (χ3n) is 4.89. The van der Waals surface area contributed by atoms with Gasteiger partial charge in [0.2, 0.25) is 11.9 Å². The van der Waals surface area contributed by atoms with E-state index >= 15 is 0 Å². The third kappa shape index (κ3) is 4.28. The standard InChI is InChI=1S/C20H22N6O2S/c1-14-11-16(13-21)23-20(22-14)24-5-7-25(8-6-24)29-17-3-4-18-19(12-17)28-10-9-26(18)15(2)27/h3-4,11-12H,5-10H2,1-2H3. The Balaban J connectivity index is 1.40. The number of hydrogen-bond donors (Lipinski definition) is 0. The van der Waals surface area contributed by atoms with Crippen molar-refractivity contribution in [3.8, 4) is 11.8 Å². The van der Waals surface area contributed by atoms with Gasteiger partial charge in [-0.25, -0.2) is 14.3 Å². The molecular formula is C20H22N6O2S. The first-order valence-corrected chi connectivity index (χ1v) is 10.3. The quantitative estimate of drug-likeness (QED) is 0.712. The zero-order valence-corrected chi connectivity index (χ0v) is 17.3. The lowest BCUT2D eigenvalue weighted by molar-refractivity contribution is -0.116. The van der Waals surface area contributed by atoms with Crippen molar-refractivity contribution >= 4 is 29.5 Å². The summed E-state index contributed by atoms with van der Waals surface area (Å²) in [4.78, 5) is 25.6. The number of carbonyl (C=O) groups is 1. The van der Waals surface area contributed by atoms with Gasteiger partial charge in [-0.15, -0.1) is 0 Å². The molecule has 1 aromatic carbocycles. The number of aromatic nitrogens is 2. The summed E-state index contributed by atoms with van der Waals surface area (Å²) in [6.45, 7) is 7.84. The number of aryl methyl sites for hydroxylation is 1. The average Bonchev–Trinajstić information content (AvgIpc) is 2.73. The zero-order chi connectivity index (χ0) is 20.4. The van der Waals surface area contributed by atoms with Crippen molar-refractivity contribution in [1.82, 2.24) is 14.3 Å². The highest BCUT2D eigenvalue weighted by molar-refractivity contribution is 7.97. The van der Waals surface area contributed by atoms with Crippen LogP contribution in [-0.2, 0) is 4.79 Å². The van der Waals surface area contributed by atoms with E-state index < -0.39 is 0 Å². The molecule has 0 aliphatic carbocycles. The Kier molecular flexibility index (Phi) is 5.56.